The monoisotopic (exact) mass is 325 g/mol. The molecule has 1 aromatic rings. The molecule has 2 aliphatic rings. The summed E-state index contributed by atoms with van der Waals surface area (Å²) in [6.07, 6.45) is 3.61. The molecule has 2 saturated heterocycles. The van der Waals surface area contributed by atoms with Crippen molar-refractivity contribution in [3.05, 3.63) is 24.4 Å². The summed E-state index contributed by atoms with van der Waals surface area (Å²) in [5.74, 6) is 0. The van der Waals surface area contributed by atoms with E-state index in [9.17, 15) is 8.42 Å². The van der Waals surface area contributed by atoms with Crippen LogP contribution in [0, 0.1) is 0 Å². The van der Waals surface area contributed by atoms with Gasteiger partial charge in [-0.3, -0.25) is 4.90 Å². The van der Waals surface area contributed by atoms with Crippen LogP contribution in [-0.4, -0.2) is 67.5 Å². The second-order valence-corrected chi connectivity index (χ2v) is 7.81. The molecule has 0 saturated carbocycles. The lowest BCUT2D eigenvalue weighted by Gasteiger charge is -2.43. The van der Waals surface area contributed by atoms with Crippen LogP contribution in [0.5, 0.6) is 0 Å². The molecule has 6 nitrogen and oxygen atoms in total. The molecule has 0 N–H and O–H groups in total. The second kappa shape index (κ2) is 6.62. The molecule has 0 bridgehead atoms. The SMILES string of the molecule is C[C@@H]1CN(C2CCOCC2)CCN1S(=O)(=O)c1ccccn1. The molecule has 0 unspecified atom stereocenters. The number of aromatic nitrogens is 1. The summed E-state index contributed by atoms with van der Waals surface area (Å²) < 4.78 is 32.4. The molecule has 1 aromatic heterocycles. The van der Waals surface area contributed by atoms with Gasteiger partial charge in [0.1, 0.15) is 0 Å². The molecule has 3 rings (SSSR count). The highest BCUT2D eigenvalue weighted by Crippen LogP contribution is 2.23. The summed E-state index contributed by atoms with van der Waals surface area (Å²) in [7, 11) is -3.49. The Bertz CT molecular complexity index is 587. The first-order valence-corrected chi connectivity index (χ1v) is 9.28. The van der Waals surface area contributed by atoms with E-state index in [4.69, 9.17) is 4.74 Å². The number of nitrogens with zero attached hydrogens (tertiary/aromatic N) is 3. The van der Waals surface area contributed by atoms with Gasteiger partial charge in [-0.2, -0.15) is 4.31 Å². The van der Waals surface area contributed by atoms with Crippen LogP contribution in [0.2, 0.25) is 0 Å². The van der Waals surface area contributed by atoms with Gasteiger partial charge < -0.3 is 4.74 Å². The standard InChI is InChI=1S/C15H23N3O3S/c1-13-12-17(14-5-10-21-11-6-14)8-9-18(13)22(19,20)15-4-2-3-7-16-15/h2-4,7,13-14H,5-6,8-12H2,1H3/t13-/m1/s1. The summed E-state index contributed by atoms with van der Waals surface area (Å²) in [5.41, 5.74) is 0. The van der Waals surface area contributed by atoms with Crippen LogP contribution in [0.1, 0.15) is 19.8 Å². The highest BCUT2D eigenvalue weighted by atomic mass is 32.2. The Hall–Kier alpha value is -1.02. The number of piperazine rings is 1. The molecule has 0 radical (unpaired) electrons. The van der Waals surface area contributed by atoms with Gasteiger partial charge in [0.05, 0.1) is 0 Å². The van der Waals surface area contributed by atoms with Gasteiger partial charge in [-0.15, -0.1) is 0 Å². The average Bonchev–Trinajstić information content (AvgIpc) is 2.56. The summed E-state index contributed by atoms with van der Waals surface area (Å²) in [4.78, 5) is 6.42. The van der Waals surface area contributed by atoms with Crippen molar-refractivity contribution in [2.24, 2.45) is 0 Å². The first-order valence-electron chi connectivity index (χ1n) is 7.84. The molecule has 122 valence electrons. The number of rotatable bonds is 3. The Kier molecular flexibility index (Phi) is 4.77. The van der Waals surface area contributed by atoms with Crippen molar-refractivity contribution in [1.82, 2.24) is 14.2 Å². The number of sulfonamides is 1. The normalized spacial score (nSPS) is 26.1. The molecular weight excluding hydrogens is 302 g/mol. The zero-order chi connectivity index (χ0) is 15.6. The van der Waals surface area contributed by atoms with Crippen LogP contribution < -0.4 is 0 Å². The van der Waals surface area contributed by atoms with Crippen LogP contribution >= 0.6 is 0 Å². The summed E-state index contributed by atoms with van der Waals surface area (Å²) in [5, 5.41) is 0.140. The van der Waals surface area contributed by atoms with Crippen molar-refractivity contribution in [2.75, 3.05) is 32.8 Å². The molecular formula is C15H23N3O3S. The minimum atomic E-state index is -3.49. The summed E-state index contributed by atoms with van der Waals surface area (Å²) >= 11 is 0. The predicted molar refractivity (Wildman–Crippen MR) is 83.0 cm³/mol. The number of hydrogen-bond acceptors (Lipinski definition) is 5. The fourth-order valence-corrected chi connectivity index (χ4v) is 4.88. The zero-order valence-electron chi connectivity index (χ0n) is 12.9. The van der Waals surface area contributed by atoms with Gasteiger partial charge in [0.15, 0.2) is 5.03 Å². The first kappa shape index (κ1) is 15.9. The Morgan fingerprint density at radius 3 is 2.64 bits per heavy atom. The third kappa shape index (κ3) is 3.17. The Balaban J connectivity index is 1.70. The van der Waals surface area contributed by atoms with Gasteiger partial charge in [-0.05, 0) is 31.9 Å². The molecule has 7 heteroatoms. The highest BCUT2D eigenvalue weighted by Gasteiger charge is 2.36. The molecule has 0 spiro atoms. The van der Waals surface area contributed by atoms with Crippen LogP contribution in [0.3, 0.4) is 0 Å². The van der Waals surface area contributed by atoms with Gasteiger partial charge in [0.25, 0.3) is 10.0 Å². The number of pyridine rings is 1. The van der Waals surface area contributed by atoms with Crippen molar-refractivity contribution < 1.29 is 13.2 Å². The van der Waals surface area contributed by atoms with Gasteiger partial charge in [0.2, 0.25) is 0 Å². The molecule has 3 heterocycles. The fraction of sp³-hybridized carbons (Fsp3) is 0.667. The smallest absolute Gasteiger partial charge is 0.260 e. The predicted octanol–water partition coefficient (Wildman–Crippen LogP) is 0.955. The van der Waals surface area contributed by atoms with E-state index >= 15 is 0 Å². The minimum absolute atomic E-state index is 0.0383. The minimum Gasteiger partial charge on any atom is -0.381 e. The Labute approximate surface area is 132 Å². The maximum atomic E-state index is 12.7. The van der Waals surface area contributed by atoms with Gasteiger partial charge in [-0.1, -0.05) is 6.07 Å². The summed E-state index contributed by atoms with van der Waals surface area (Å²) in [6, 6.07) is 5.49. The van der Waals surface area contributed by atoms with Crippen molar-refractivity contribution >= 4 is 10.0 Å². The maximum Gasteiger partial charge on any atom is 0.260 e. The van der Waals surface area contributed by atoms with Crippen molar-refractivity contribution in [3.63, 3.8) is 0 Å². The lowest BCUT2D eigenvalue weighted by molar-refractivity contribution is 0.0137. The van der Waals surface area contributed by atoms with E-state index in [0.717, 1.165) is 39.1 Å². The first-order chi connectivity index (χ1) is 10.6. The van der Waals surface area contributed by atoms with E-state index in [-0.39, 0.29) is 11.1 Å². The van der Waals surface area contributed by atoms with E-state index in [1.807, 2.05) is 6.92 Å². The van der Waals surface area contributed by atoms with Crippen LogP contribution in [-0.2, 0) is 14.8 Å². The zero-order valence-corrected chi connectivity index (χ0v) is 13.7. The van der Waals surface area contributed by atoms with E-state index in [1.54, 1.807) is 22.5 Å². The van der Waals surface area contributed by atoms with Gasteiger partial charge >= 0.3 is 0 Å². The molecule has 0 amide bonds. The Morgan fingerprint density at radius 1 is 1.23 bits per heavy atom. The Morgan fingerprint density at radius 2 is 2.00 bits per heavy atom. The fourth-order valence-electron chi connectivity index (χ4n) is 3.33. The number of ether oxygens (including phenoxy) is 1. The summed E-state index contributed by atoms with van der Waals surface area (Å²) in [6.45, 7) is 5.68. The lowest BCUT2D eigenvalue weighted by atomic mass is 10.1. The van der Waals surface area contributed by atoms with Crippen molar-refractivity contribution in [2.45, 2.75) is 36.9 Å². The van der Waals surface area contributed by atoms with E-state index in [1.165, 1.54) is 6.20 Å². The van der Waals surface area contributed by atoms with Gasteiger partial charge in [0, 0.05) is 51.1 Å². The highest BCUT2D eigenvalue weighted by molar-refractivity contribution is 7.89. The van der Waals surface area contributed by atoms with Crippen LogP contribution in [0.25, 0.3) is 0 Å². The topological polar surface area (TPSA) is 62.7 Å². The van der Waals surface area contributed by atoms with E-state index < -0.39 is 10.0 Å². The second-order valence-electron chi connectivity index (χ2n) is 5.97. The van der Waals surface area contributed by atoms with E-state index in [2.05, 4.69) is 9.88 Å². The molecule has 22 heavy (non-hydrogen) atoms. The number of hydrogen-bond donors (Lipinski definition) is 0. The third-order valence-corrected chi connectivity index (χ3v) is 6.45. The average molecular weight is 325 g/mol. The molecule has 1 atom stereocenters. The maximum absolute atomic E-state index is 12.7. The van der Waals surface area contributed by atoms with E-state index in [0.29, 0.717) is 12.6 Å². The van der Waals surface area contributed by atoms with Crippen LogP contribution in [0.4, 0.5) is 0 Å². The largest absolute Gasteiger partial charge is 0.381 e. The third-order valence-electron chi connectivity index (χ3n) is 4.52. The van der Waals surface area contributed by atoms with Crippen LogP contribution in [0.15, 0.2) is 29.4 Å². The quantitative estimate of drug-likeness (QED) is 0.828. The van der Waals surface area contributed by atoms with Crippen molar-refractivity contribution in [1.29, 1.82) is 0 Å². The van der Waals surface area contributed by atoms with Crippen molar-refractivity contribution in [3.8, 4) is 0 Å². The lowest BCUT2D eigenvalue weighted by Crippen LogP contribution is -2.57. The molecule has 2 aliphatic heterocycles. The van der Waals surface area contributed by atoms with Gasteiger partial charge in [-0.25, -0.2) is 13.4 Å². The molecule has 0 aromatic carbocycles. The molecule has 2 fully saturated rings. The molecule has 0 aliphatic carbocycles.